The smallest absolute Gasteiger partial charge is 0.162 e. The van der Waals surface area contributed by atoms with Crippen molar-refractivity contribution in [1.29, 1.82) is 0 Å². The van der Waals surface area contributed by atoms with Crippen molar-refractivity contribution in [2.45, 2.75) is 6.61 Å². The van der Waals surface area contributed by atoms with Crippen molar-refractivity contribution in [1.82, 2.24) is 14.8 Å². The highest BCUT2D eigenvalue weighted by molar-refractivity contribution is 5.91. The van der Waals surface area contributed by atoms with Crippen LogP contribution in [0, 0.1) is 0 Å². The number of nitrogens with zero attached hydrogens (tertiary/aromatic N) is 3. The number of hydrogen-bond acceptors (Lipinski definition) is 4. The molecule has 0 atom stereocenters. The second-order valence-corrected chi connectivity index (χ2v) is 6.86. The van der Waals surface area contributed by atoms with Gasteiger partial charge in [-0.25, -0.2) is 0 Å². The average molecular weight is 381 g/mol. The van der Waals surface area contributed by atoms with E-state index in [1.165, 1.54) is 0 Å². The van der Waals surface area contributed by atoms with Gasteiger partial charge in [-0.05, 0) is 29.8 Å². The summed E-state index contributed by atoms with van der Waals surface area (Å²) >= 11 is 0. The third kappa shape index (κ3) is 3.50. The lowest BCUT2D eigenvalue weighted by atomic mass is 10.1. The van der Waals surface area contributed by atoms with E-state index in [1.54, 1.807) is 10.9 Å². The molecule has 29 heavy (non-hydrogen) atoms. The number of rotatable bonds is 5. The maximum atomic E-state index is 6.20. The van der Waals surface area contributed by atoms with E-state index in [0.717, 1.165) is 45.0 Å². The third-order valence-electron chi connectivity index (χ3n) is 4.77. The second-order valence-electron chi connectivity index (χ2n) is 6.86. The molecule has 3 heterocycles. The Hall–Kier alpha value is -3.86. The molecule has 0 aliphatic carbocycles. The molecule has 0 saturated carbocycles. The van der Waals surface area contributed by atoms with Crippen molar-refractivity contribution in [3.8, 4) is 28.3 Å². The molecule has 0 N–H and O–H groups in total. The Kier molecular flexibility index (Phi) is 4.33. The highest BCUT2D eigenvalue weighted by Crippen LogP contribution is 2.34. The Morgan fingerprint density at radius 3 is 2.69 bits per heavy atom. The van der Waals surface area contributed by atoms with E-state index in [2.05, 4.69) is 10.1 Å². The summed E-state index contributed by atoms with van der Waals surface area (Å²) in [5.41, 5.74) is 5.40. The third-order valence-corrected chi connectivity index (χ3v) is 4.77. The molecular weight excluding hydrogens is 362 g/mol. The predicted octanol–water partition coefficient (Wildman–Crippen LogP) is 5.47. The molecule has 5 rings (SSSR count). The van der Waals surface area contributed by atoms with Gasteiger partial charge in [-0.15, -0.1) is 0 Å². The van der Waals surface area contributed by atoms with Crippen LogP contribution in [0.4, 0.5) is 0 Å². The van der Waals surface area contributed by atoms with Gasteiger partial charge < -0.3 is 9.15 Å². The zero-order chi connectivity index (χ0) is 19.6. The van der Waals surface area contributed by atoms with Gasteiger partial charge in [0, 0.05) is 36.6 Å². The number of furan rings is 1. The molecule has 2 aromatic carbocycles. The maximum absolute atomic E-state index is 6.20. The fourth-order valence-electron chi connectivity index (χ4n) is 3.32. The van der Waals surface area contributed by atoms with Crippen LogP contribution in [-0.2, 0) is 13.7 Å². The van der Waals surface area contributed by atoms with Crippen molar-refractivity contribution in [3.05, 3.63) is 90.8 Å². The summed E-state index contributed by atoms with van der Waals surface area (Å²) in [4.78, 5) is 4.46. The summed E-state index contributed by atoms with van der Waals surface area (Å²) in [5.74, 6) is 1.55. The second kappa shape index (κ2) is 7.28. The number of aromatic nitrogens is 3. The van der Waals surface area contributed by atoms with Gasteiger partial charge in [0.05, 0.1) is 5.69 Å². The summed E-state index contributed by atoms with van der Waals surface area (Å²) in [6.07, 6.45) is 3.70. The molecule has 0 spiro atoms. The van der Waals surface area contributed by atoms with Crippen LogP contribution in [0.3, 0.4) is 0 Å². The van der Waals surface area contributed by atoms with Crippen molar-refractivity contribution in [2.24, 2.45) is 7.05 Å². The summed E-state index contributed by atoms with van der Waals surface area (Å²) in [5, 5.41) is 4.49. The van der Waals surface area contributed by atoms with Crippen LogP contribution in [0.15, 0.2) is 89.6 Å². The molecule has 5 heteroatoms. The molecule has 0 aliphatic heterocycles. The molecule has 0 radical (unpaired) electrons. The van der Waals surface area contributed by atoms with Crippen LogP contribution >= 0.6 is 0 Å². The minimum atomic E-state index is 0.524. The van der Waals surface area contributed by atoms with Crippen molar-refractivity contribution < 1.29 is 9.15 Å². The van der Waals surface area contributed by atoms with Crippen LogP contribution in [0.5, 0.6) is 5.75 Å². The lowest BCUT2D eigenvalue weighted by Crippen LogP contribution is -1.94. The Labute approximate surface area is 168 Å². The van der Waals surface area contributed by atoms with E-state index < -0.39 is 0 Å². The monoisotopic (exact) mass is 381 g/mol. The van der Waals surface area contributed by atoms with E-state index in [9.17, 15) is 0 Å². The van der Waals surface area contributed by atoms with Crippen LogP contribution in [0.25, 0.3) is 33.7 Å². The first kappa shape index (κ1) is 17.3. The van der Waals surface area contributed by atoms with Gasteiger partial charge in [0.2, 0.25) is 0 Å². The van der Waals surface area contributed by atoms with E-state index in [0.29, 0.717) is 6.61 Å². The normalized spacial score (nSPS) is 11.1. The maximum Gasteiger partial charge on any atom is 0.162 e. The Bertz CT molecular complexity index is 1270. The first-order valence-electron chi connectivity index (χ1n) is 9.42. The molecule has 5 nitrogen and oxygen atoms in total. The quantitative estimate of drug-likeness (QED) is 0.405. The fourth-order valence-corrected chi connectivity index (χ4v) is 3.32. The first-order valence-corrected chi connectivity index (χ1v) is 9.42. The highest BCUT2D eigenvalue weighted by Gasteiger charge is 2.14. The Morgan fingerprint density at radius 2 is 1.86 bits per heavy atom. The summed E-state index contributed by atoms with van der Waals surface area (Å²) in [6, 6.07) is 23.9. The molecule has 0 bridgehead atoms. The van der Waals surface area contributed by atoms with Gasteiger partial charge >= 0.3 is 0 Å². The van der Waals surface area contributed by atoms with Crippen molar-refractivity contribution in [2.75, 3.05) is 0 Å². The summed E-state index contributed by atoms with van der Waals surface area (Å²) < 4.78 is 13.9. The SMILES string of the molecule is Cn1ccc(-c2ccnc3cc(-c4cccc(OCc5ccccc5)c4)oc23)n1. The Morgan fingerprint density at radius 1 is 0.966 bits per heavy atom. The van der Waals surface area contributed by atoms with Gasteiger partial charge in [0.25, 0.3) is 0 Å². The number of pyridine rings is 1. The topological polar surface area (TPSA) is 53.1 Å². The lowest BCUT2D eigenvalue weighted by molar-refractivity contribution is 0.306. The summed E-state index contributed by atoms with van der Waals surface area (Å²) in [6.45, 7) is 0.524. The molecule has 142 valence electrons. The largest absolute Gasteiger partial charge is 0.489 e. The zero-order valence-corrected chi connectivity index (χ0v) is 15.9. The van der Waals surface area contributed by atoms with E-state index in [4.69, 9.17) is 9.15 Å². The van der Waals surface area contributed by atoms with Gasteiger partial charge in [-0.1, -0.05) is 42.5 Å². The van der Waals surface area contributed by atoms with Crippen LogP contribution in [-0.4, -0.2) is 14.8 Å². The molecule has 0 saturated heterocycles. The van der Waals surface area contributed by atoms with E-state index in [-0.39, 0.29) is 0 Å². The average Bonchev–Trinajstić information content (AvgIpc) is 3.39. The standard InChI is InChI=1S/C24H19N3O2/c1-27-13-11-21(26-27)20-10-12-25-22-15-23(29-24(20)22)18-8-5-9-19(14-18)28-16-17-6-3-2-4-7-17/h2-15H,16H2,1H3. The molecule has 0 fully saturated rings. The molecule has 5 aromatic rings. The minimum absolute atomic E-state index is 0.524. The van der Waals surface area contributed by atoms with E-state index >= 15 is 0 Å². The van der Waals surface area contributed by atoms with Crippen LogP contribution in [0.1, 0.15) is 5.56 Å². The van der Waals surface area contributed by atoms with Gasteiger partial charge in [0.1, 0.15) is 23.6 Å². The fraction of sp³-hybridized carbons (Fsp3) is 0.0833. The van der Waals surface area contributed by atoms with Crippen molar-refractivity contribution in [3.63, 3.8) is 0 Å². The van der Waals surface area contributed by atoms with Crippen LogP contribution in [0.2, 0.25) is 0 Å². The molecule has 0 aliphatic rings. The molecule has 0 unspecified atom stereocenters. The summed E-state index contributed by atoms with van der Waals surface area (Å²) in [7, 11) is 1.90. The number of hydrogen-bond donors (Lipinski definition) is 0. The van der Waals surface area contributed by atoms with E-state index in [1.807, 2.05) is 86.0 Å². The van der Waals surface area contributed by atoms with Crippen molar-refractivity contribution >= 4 is 11.1 Å². The lowest BCUT2D eigenvalue weighted by Gasteiger charge is -2.07. The molecule has 0 amide bonds. The van der Waals surface area contributed by atoms with Crippen LogP contribution < -0.4 is 4.74 Å². The molecular formula is C24H19N3O2. The number of aryl methyl sites for hydroxylation is 1. The predicted molar refractivity (Wildman–Crippen MR) is 112 cm³/mol. The number of fused-ring (bicyclic) bond motifs is 1. The van der Waals surface area contributed by atoms with Gasteiger partial charge in [-0.3, -0.25) is 9.67 Å². The minimum Gasteiger partial charge on any atom is -0.489 e. The zero-order valence-electron chi connectivity index (χ0n) is 15.9. The number of benzene rings is 2. The Balaban J connectivity index is 1.46. The highest BCUT2D eigenvalue weighted by atomic mass is 16.5. The first-order chi connectivity index (χ1) is 14.3. The molecule has 3 aromatic heterocycles. The van der Waals surface area contributed by atoms with Gasteiger partial charge in [-0.2, -0.15) is 5.10 Å². The van der Waals surface area contributed by atoms with Gasteiger partial charge in [0.15, 0.2) is 5.58 Å². The number of ether oxygens (including phenoxy) is 1.